The fourth-order valence-corrected chi connectivity index (χ4v) is 4.67. The molecular formula is C13H27N3O2S. The summed E-state index contributed by atoms with van der Waals surface area (Å²) in [5.74, 6) is 0. The Morgan fingerprint density at radius 3 is 2.21 bits per heavy atom. The quantitative estimate of drug-likeness (QED) is 0.820. The van der Waals surface area contributed by atoms with Crippen molar-refractivity contribution in [1.29, 1.82) is 0 Å². The molecule has 0 aliphatic heterocycles. The fraction of sp³-hybridized carbons (Fsp3) is 1.00. The second-order valence-electron chi connectivity index (χ2n) is 5.99. The van der Waals surface area contributed by atoms with E-state index in [1.54, 1.807) is 7.05 Å². The summed E-state index contributed by atoms with van der Waals surface area (Å²) in [5, 5.41) is 0. The minimum atomic E-state index is -3.39. The molecule has 2 saturated carbocycles. The highest BCUT2D eigenvalue weighted by molar-refractivity contribution is 7.87. The predicted octanol–water partition coefficient (Wildman–Crippen LogP) is 1.36. The van der Waals surface area contributed by atoms with E-state index in [4.69, 9.17) is 5.73 Å². The van der Waals surface area contributed by atoms with Gasteiger partial charge in [-0.15, -0.1) is 0 Å². The summed E-state index contributed by atoms with van der Waals surface area (Å²) < 4.78 is 29.2. The molecular weight excluding hydrogens is 262 g/mol. The Morgan fingerprint density at radius 1 is 1.00 bits per heavy atom. The second-order valence-corrected chi connectivity index (χ2v) is 7.75. The van der Waals surface area contributed by atoms with Gasteiger partial charge in [0.15, 0.2) is 0 Å². The predicted molar refractivity (Wildman–Crippen MR) is 76.9 cm³/mol. The number of nitrogens with one attached hydrogen (secondary N) is 1. The zero-order valence-corrected chi connectivity index (χ0v) is 12.7. The van der Waals surface area contributed by atoms with Crippen LogP contribution >= 0.6 is 0 Å². The van der Waals surface area contributed by atoms with E-state index < -0.39 is 10.2 Å². The molecule has 6 heteroatoms. The molecule has 0 bridgehead atoms. The maximum atomic E-state index is 12.4. The molecule has 0 aromatic heterocycles. The van der Waals surface area contributed by atoms with Gasteiger partial charge in [-0.1, -0.05) is 32.1 Å². The van der Waals surface area contributed by atoms with Crippen LogP contribution in [0.25, 0.3) is 0 Å². The standard InChI is InChI=1S/C13H27N3O2S/c1-16(11-7-3-2-4-8-11)19(17,18)15-13-10-6-5-9-12(13)14/h11-13,15H,2-10,14H2,1H3. The summed E-state index contributed by atoms with van der Waals surface area (Å²) >= 11 is 0. The van der Waals surface area contributed by atoms with Gasteiger partial charge in [0.25, 0.3) is 10.2 Å². The molecule has 2 aliphatic rings. The number of hydrogen-bond donors (Lipinski definition) is 2. The molecule has 5 nitrogen and oxygen atoms in total. The smallest absolute Gasteiger partial charge is 0.279 e. The maximum Gasteiger partial charge on any atom is 0.279 e. The Kier molecular flexibility index (Phi) is 5.22. The van der Waals surface area contributed by atoms with E-state index in [0.29, 0.717) is 0 Å². The molecule has 0 spiro atoms. The minimum absolute atomic E-state index is 0.0386. The van der Waals surface area contributed by atoms with Crippen LogP contribution in [0.3, 0.4) is 0 Å². The summed E-state index contributed by atoms with van der Waals surface area (Å²) in [6, 6.07) is 0.0270. The zero-order chi connectivity index (χ0) is 13.9. The summed E-state index contributed by atoms with van der Waals surface area (Å²) in [6.45, 7) is 0. The van der Waals surface area contributed by atoms with Crippen molar-refractivity contribution in [2.75, 3.05) is 7.05 Å². The lowest BCUT2D eigenvalue weighted by atomic mass is 9.92. The van der Waals surface area contributed by atoms with E-state index >= 15 is 0 Å². The molecule has 19 heavy (non-hydrogen) atoms. The van der Waals surface area contributed by atoms with Gasteiger partial charge >= 0.3 is 0 Å². The van der Waals surface area contributed by atoms with Gasteiger partial charge in [0.1, 0.15) is 0 Å². The lowest BCUT2D eigenvalue weighted by Gasteiger charge is -2.34. The molecule has 0 amide bonds. The number of rotatable bonds is 4. The van der Waals surface area contributed by atoms with Gasteiger partial charge in [-0.05, 0) is 25.7 Å². The molecule has 112 valence electrons. The normalized spacial score (nSPS) is 30.7. The highest BCUT2D eigenvalue weighted by Crippen LogP contribution is 2.24. The third-order valence-corrected chi connectivity index (χ3v) is 6.24. The van der Waals surface area contributed by atoms with Crippen LogP contribution in [0.4, 0.5) is 0 Å². The first-order valence-corrected chi connectivity index (χ1v) is 8.95. The van der Waals surface area contributed by atoms with Crippen molar-refractivity contribution in [2.45, 2.75) is 75.9 Å². The van der Waals surface area contributed by atoms with Gasteiger partial charge < -0.3 is 5.73 Å². The summed E-state index contributed by atoms with van der Waals surface area (Å²) in [5.41, 5.74) is 6.02. The van der Waals surface area contributed by atoms with Gasteiger partial charge in [0.2, 0.25) is 0 Å². The average Bonchev–Trinajstić information content (AvgIpc) is 2.41. The van der Waals surface area contributed by atoms with E-state index in [2.05, 4.69) is 4.72 Å². The Labute approximate surface area is 117 Å². The highest BCUT2D eigenvalue weighted by Gasteiger charge is 2.32. The third kappa shape index (κ3) is 3.90. The Morgan fingerprint density at radius 2 is 1.58 bits per heavy atom. The average molecular weight is 289 g/mol. The molecule has 3 N–H and O–H groups in total. The van der Waals surface area contributed by atoms with Crippen LogP contribution in [0.5, 0.6) is 0 Å². The van der Waals surface area contributed by atoms with E-state index in [1.165, 1.54) is 10.7 Å². The van der Waals surface area contributed by atoms with E-state index in [9.17, 15) is 8.42 Å². The van der Waals surface area contributed by atoms with Crippen LogP contribution < -0.4 is 10.5 Å². The first-order chi connectivity index (χ1) is 9.00. The molecule has 2 aliphatic carbocycles. The number of nitrogens with two attached hydrogens (primary N) is 1. The van der Waals surface area contributed by atoms with Crippen LogP contribution in [0.1, 0.15) is 57.8 Å². The van der Waals surface area contributed by atoms with Gasteiger partial charge in [-0.2, -0.15) is 17.4 Å². The van der Waals surface area contributed by atoms with Crippen LogP contribution in [0.2, 0.25) is 0 Å². The maximum absolute atomic E-state index is 12.4. The minimum Gasteiger partial charge on any atom is -0.326 e. The van der Waals surface area contributed by atoms with Gasteiger partial charge in [0, 0.05) is 25.2 Å². The molecule has 0 saturated heterocycles. The topological polar surface area (TPSA) is 75.4 Å². The summed E-state index contributed by atoms with van der Waals surface area (Å²) in [4.78, 5) is 0. The SMILES string of the molecule is CN(C1CCCCC1)S(=O)(=O)NC1CCCCC1N. The van der Waals surface area contributed by atoms with Crippen LogP contribution in [-0.2, 0) is 10.2 Å². The molecule has 0 aromatic rings. The van der Waals surface area contributed by atoms with Crippen molar-refractivity contribution in [2.24, 2.45) is 5.73 Å². The van der Waals surface area contributed by atoms with Crippen molar-refractivity contribution < 1.29 is 8.42 Å². The van der Waals surface area contributed by atoms with E-state index in [0.717, 1.165) is 51.4 Å². The monoisotopic (exact) mass is 289 g/mol. The van der Waals surface area contributed by atoms with Crippen LogP contribution in [0, 0.1) is 0 Å². The molecule has 2 unspecified atom stereocenters. The first kappa shape index (κ1) is 15.2. The van der Waals surface area contributed by atoms with Crippen molar-refractivity contribution in [3.63, 3.8) is 0 Å². The van der Waals surface area contributed by atoms with Crippen LogP contribution in [0.15, 0.2) is 0 Å². The highest BCUT2D eigenvalue weighted by atomic mass is 32.2. The molecule has 2 fully saturated rings. The Bertz CT molecular complexity index is 379. The van der Waals surface area contributed by atoms with Gasteiger partial charge in [0.05, 0.1) is 0 Å². The largest absolute Gasteiger partial charge is 0.326 e. The molecule has 0 aromatic carbocycles. The summed E-state index contributed by atoms with van der Waals surface area (Å²) in [7, 11) is -1.69. The molecule has 2 rings (SSSR count). The Hall–Kier alpha value is -0.170. The first-order valence-electron chi connectivity index (χ1n) is 7.51. The number of nitrogens with zero attached hydrogens (tertiary/aromatic N) is 1. The Balaban J connectivity index is 1.96. The van der Waals surface area contributed by atoms with E-state index in [1.807, 2.05) is 0 Å². The fourth-order valence-electron chi connectivity index (χ4n) is 3.22. The van der Waals surface area contributed by atoms with E-state index in [-0.39, 0.29) is 18.1 Å². The second kappa shape index (κ2) is 6.52. The molecule has 2 atom stereocenters. The zero-order valence-electron chi connectivity index (χ0n) is 11.8. The van der Waals surface area contributed by atoms with Crippen molar-refractivity contribution in [1.82, 2.24) is 9.03 Å². The lowest BCUT2D eigenvalue weighted by molar-refractivity contribution is 0.276. The van der Waals surface area contributed by atoms with Crippen molar-refractivity contribution in [3.05, 3.63) is 0 Å². The molecule has 0 heterocycles. The molecule has 0 radical (unpaired) electrons. The number of hydrogen-bond acceptors (Lipinski definition) is 3. The van der Waals surface area contributed by atoms with Gasteiger partial charge in [-0.3, -0.25) is 0 Å². The van der Waals surface area contributed by atoms with Crippen molar-refractivity contribution >= 4 is 10.2 Å². The van der Waals surface area contributed by atoms with Crippen LogP contribution in [-0.4, -0.2) is 37.9 Å². The van der Waals surface area contributed by atoms with Crippen molar-refractivity contribution in [3.8, 4) is 0 Å². The third-order valence-electron chi connectivity index (χ3n) is 4.59. The lowest BCUT2D eigenvalue weighted by Crippen LogP contribution is -2.54. The summed E-state index contributed by atoms with van der Waals surface area (Å²) in [6.07, 6.45) is 9.40. The van der Waals surface area contributed by atoms with Gasteiger partial charge in [-0.25, -0.2) is 0 Å².